The van der Waals surface area contributed by atoms with Crippen LogP contribution >= 0.6 is 0 Å². The van der Waals surface area contributed by atoms with Gasteiger partial charge in [0.25, 0.3) is 5.56 Å². The fourth-order valence-electron chi connectivity index (χ4n) is 2.71. The van der Waals surface area contributed by atoms with Crippen LogP contribution in [0.3, 0.4) is 0 Å². The zero-order valence-electron chi connectivity index (χ0n) is 12.1. The minimum absolute atomic E-state index is 0.0264. The minimum atomic E-state index is -2.94. The summed E-state index contributed by atoms with van der Waals surface area (Å²) < 4.78 is 34.2. The summed E-state index contributed by atoms with van der Waals surface area (Å²) in [5, 5.41) is 0. The van der Waals surface area contributed by atoms with Gasteiger partial charge in [-0.2, -0.15) is 8.78 Å². The third-order valence-corrected chi connectivity index (χ3v) is 3.60. The number of carbonyl (C=O) groups excluding carboxylic acids is 1. The van der Waals surface area contributed by atoms with Crippen molar-refractivity contribution in [1.82, 2.24) is 4.98 Å². The Morgan fingerprint density at radius 2 is 2.09 bits per heavy atom. The first-order valence-corrected chi connectivity index (χ1v) is 6.93. The predicted octanol–water partition coefficient (Wildman–Crippen LogP) is 2.73. The Hall–Kier alpha value is -2.70. The van der Waals surface area contributed by atoms with Crippen LogP contribution in [-0.4, -0.2) is 17.6 Å². The van der Waals surface area contributed by atoms with E-state index in [0.717, 1.165) is 0 Å². The van der Waals surface area contributed by atoms with Gasteiger partial charge >= 0.3 is 12.6 Å². The van der Waals surface area contributed by atoms with Gasteiger partial charge in [0.1, 0.15) is 11.5 Å². The van der Waals surface area contributed by atoms with E-state index in [9.17, 15) is 18.4 Å². The number of benzene rings is 1. The number of nitrogens with one attached hydrogen (secondary N) is 1. The minimum Gasteiger partial charge on any atom is -0.435 e. The second kappa shape index (κ2) is 5.83. The van der Waals surface area contributed by atoms with Gasteiger partial charge in [-0.15, -0.1) is 0 Å². The molecule has 1 N–H and O–H groups in total. The van der Waals surface area contributed by atoms with Gasteiger partial charge in [0.15, 0.2) is 0 Å². The van der Waals surface area contributed by atoms with Crippen LogP contribution in [0.2, 0.25) is 0 Å². The highest BCUT2D eigenvalue weighted by atomic mass is 19.3. The van der Waals surface area contributed by atoms with Crippen molar-refractivity contribution in [3.63, 3.8) is 0 Å². The highest BCUT2D eigenvalue weighted by Crippen LogP contribution is 2.37. The fourth-order valence-corrected chi connectivity index (χ4v) is 2.71. The van der Waals surface area contributed by atoms with E-state index in [4.69, 9.17) is 4.74 Å². The molecule has 0 radical (unpaired) electrons. The number of halogens is 2. The third-order valence-electron chi connectivity index (χ3n) is 3.60. The van der Waals surface area contributed by atoms with E-state index in [-0.39, 0.29) is 23.5 Å². The van der Waals surface area contributed by atoms with E-state index in [1.807, 2.05) is 0 Å². The van der Waals surface area contributed by atoms with Gasteiger partial charge in [0.05, 0.1) is 12.0 Å². The number of esters is 1. The highest BCUT2D eigenvalue weighted by molar-refractivity contribution is 5.77. The summed E-state index contributed by atoms with van der Waals surface area (Å²) in [4.78, 5) is 26.7. The maximum atomic E-state index is 12.4. The molecule has 0 spiro atoms. The van der Waals surface area contributed by atoms with Crippen molar-refractivity contribution in [3.8, 4) is 11.5 Å². The molecular formula is C16H13F2NO4. The van der Waals surface area contributed by atoms with E-state index >= 15 is 0 Å². The molecule has 0 bridgehead atoms. The van der Waals surface area contributed by atoms with Crippen molar-refractivity contribution in [2.24, 2.45) is 0 Å². The number of aromatic nitrogens is 1. The summed E-state index contributed by atoms with van der Waals surface area (Å²) in [5.74, 6) is -0.876. The molecule has 2 aromatic rings. The summed E-state index contributed by atoms with van der Waals surface area (Å²) in [6.45, 7) is -1.27. The van der Waals surface area contributed by atoms with Crippen LogP contribution in [0.25, 0.3) is 0 Å². The zero-order chi connectivity index (χ0) is 16.6. The number of hydrogen-bond acceptors (Lipinski definition) is 4. The molecule has 2 heterocycles. The lowest BCUT2D eigenvalue weighted by Crippen LogP contribution is -2.28. The largest absolute Gasteiger partial charge is 0.435 e. The Morgan fingerprint density at radius 1 is 1.30 bits per heavy atom. The molecule has 1 aromatic carbocycles. The average molecular weight is 321 g/mol. The molecule has 0 aliphatic carbocycles. The molecule has 0 amide bonds. The van der Waals surface area contributed by atoms with Crippen molar-refractivity contribution in [1.29, 1.82) is 0 Å². The van der Waals surface area contributed by atoms with Crippen molar-refractivity contribution < 1.29 is 23.0 Å². The molecule has 5 nitrogen and oxygen atoms in total. The summed E-state index contributed by atoms with van der Waals surface area (Å²) in [5.41, 5.74) is 1.05. The van der Waals surface area contributed by atoms with Crippen molar-refractivity contribution in [2.75, 3.05) is 0 Å². The van der Waals surface area contributed by atoms with Gasteiger partial charge in [0, 0.05) is 17.7 Å². The molecule has 0 fully saturated rings. The van der Waals surface area contributed by atoms with Gasteiger partial charge in [-0.25, -0.2) is 0 Å². The molecule has 3 rings (SSSR count). The van der Waals surface area contributed by atoms with Crippen LogP contribution in [0, 0.1) is 6.92 Å². The molecule has 0 unspecified atom stereocenters. The number of carbonyl (C=O) groups is 1. The number of rotatable bonds is 3. The number of aromatic amines is 1. The van der Waals surface area contributed by atoms with E-state index < -0.39 is 18.5 Å². The van der Waals surface area contributed by atoms with Crippen LogP contribution in [0.1, 0.15) is 29.2 Å². The number of ether oxygens (including phenoxy) is 2. The maximum absolute atomic E-state index is 12.4. The van der Waals surface area contributed by atoms with Crippen molar-refractivity contribution in [2.45, 2.75) is 25.9 Å². The van der Waals surface area contributed by atoms with Crippen LogP contribution in [0.4, 0.5) is 8.78 Å². The van der Waals surface area contributed by atoms with E-state index in [1.165, 1.54) is 18.2 Å². The van der Waals surface area contributed by atoms with Crippen molar-refractivity contribution >= 4 is 5.97 Å². The van der Waals surface area contributed by atoms with Gasteiger partial charge < -0.3 is 14.5 Å². The quantitative estimate of drug-likeness (QED) is 0.883. The topological polar surface area (TPSA) is 68.4 Å². The lowest BCUT2D eigenvalue weighted by Gasteiger charge is -2.24. The average Bonchev–Trinajstić information content (AvgIpc) is 2.45. The first-order chi connectivity index (χ1) is 10.9. The lowest BCUT2D eigenvalue weighted by atomic mass is 9.87. The molecule has 1 atom stereocenters. The Kier molecular flexibility index (Phi) is 3.85. The van der Waals surface area contributed by atoms with Gasteiger partial charge in [0.2, 0.25) is 0 Å². The Bertz CT molecular complexity index is 816. The number of fused-ring (bicyclic) bond motifs is 1. The SMILES string of the molecule is Cc1cc2c(c(=O)[nH]1)[C@@H](c1cccc(OC(F)F)c1)CC(=O)O2. The summed E-state index contributed by atoms with van der Waals surface area (Å²) >= 11 is 0. The first kappa shape index (κ1) is 15.2. The number of pyridine rings is 1. The lowest BCUT2D eigenvalue weighted by molar-refractivity contribution is -0.135. The van der Waals surface area contributed by atoms with E-state index in [2.05, 4.69) is 9.72 Å². The summed E-state index contributed by atoms with van der Waals surface area (Å²) in [6, 6.07) is 7.55. The highest BCUT2D eigenvalue weighted by Gasteiger charge is 2.31. The molecule has 23 heavy (non-hydrogen) atoms. The van der Waals surface area contributed by atoms with Crippen LogP contribution in [-0.2, 0) is 4.79 Å². The Morgan fingerprint density at radius 3 is 2.83 bits per heavy atom. The van der Waals surface area contributed by atoms with Gasteiger partial charge in [-0.3, -0.25) is 9.59 Å². The van der Waals surface area contributed by atoms with E-state index in [0.29, 0.717) is 16.8 Å². The molecule has 1 aliphatic rings. The normalized spacial score (nSPS) is 16.9. The third kappa shape index (κ3) is 3.08. The Balaban J connectivity index is 2.08. The number of H-pyrrole nitrogens is 1. The Labute approximate surface area is 129 Å². The van der Waals surface area contributed by atoms with E-state index in [1.54, 1.807) is 19.1 Å². The molecular weight excluding hydrogens is 308 g/mol. The summed E-state index contributed by atoms with van der Waals surface area (Å²) in [6.07, 6.45) is -0.0444. The van der Waals surface area contributed by atoms with Crippen molar-refractivity contribution in [3.05, 3.63) is 57.5 Å². The smallest absolute Gasteiger partial charge is 0.387 e. The van der Waals surface area contributed by atoms with Crippen LogP contribution in [0.15, 0.2) is 35.1 Å². The standard InChI is InChI=1S/C16H13F2NO4/c1-8-5-12-14(15(21)19-8)11(7-13(20)23-12)9-3-2-4-10(6-9)22-16(17)18/h2-6,11,16H,7H2,1H3,(H,19,21)/t11-/m1/s1. The molecule has 7 heteroatoms. The van der Waals surface area contributed by atoms with Crippen LogP contribution < -0.4 is 15.0 Å². The number of aryl methyl sites for hydroxylation is 1. The molecule has 0 saturated heterocycles. The molecule has 1 aliphatic heterocycles. The van der Waals surface area contributed by atoms with Gasteiger partial charge in [-0.05, 0) is 24.6 Å². The molecule has 1 aromatic heterocycles. The predicted molar refractivity (Wildman–Crippen MR) is 77.0 cm³/mol. The second-order valence-corrected chi connectivity index (χ2v) is 5.24. The second-order valence-electron chi connectivity index (χ2n) is 5.24. The monoisotopic (exact) mass is 321 g/mol. The zero-order valence-corrected chi connectivity index (χ0v) is 12.1. The number of alkyl halides is 2. The summed E-state index contributed by atoms with van der Waals surface area (Å²) in [7, 11) is 0. The molecule has 0 saturated carbocycles. The van der Waals surface area contributed by atoms with Crippen LogP contribution in [0.5, 0.6) is 11.5 Å². The first-order valence-electron chi connectivity index (χ1n) is 6.93. The fraction of sp³-hybridized carbons (Fsp3) is 0.250. The maximum Gasteiger partial charge on any atom is 0.387 e. The number of hydrogen-bond donors (Lipinski definition) is 1. The molecule has 120 valence electrons. The van der Waals surface area contributed by atoms with Gasteiger partial charge in [-0.1, -0.05) is 12.1 Å².